The van der Waals surface area contributed by atoms with Gasteiger partial charge in [0.2, 0.25) is 5.69 Å². The molecule has 2 unspecified atom stereocenters. The molecule has 1 aromatic heterocycles. The number of benzene rings is 1. The molecule has 0 aliphatic carbocycles. The third-order valence-electron chi connectivity index (χ3n) is 2.92. The van der Waals surface area contributed by atoms with E-state index in [9.17, 15) is 15.2 Å². The van der Waals surface area contributed by atoms with Gasteiger partial charge in [-0.05, 0) is 13.8 Å². The highest BCUT2D eigenvalue weighted by Crippen LogP contribution is 2.32. The van der Waals surface area contributed by atoms with Crippen LogP contribution in [0.5, 0.6) is 0 Å². The highest BCUT2D eigenvalue weighted by molar-refractivity contribution is 6.07. The van der Waals surface area contributed by atoms with Crippen LogP contribution in [0.15, 0.2) is 16.5 Å². The normalized spacial score (nSPS) is 14.2. The molecule has 9 nitrogen and oxygen atoms in total. The van der Waals surface area contributed by atoms with Crippen LogP contribution in [-0.2, 0) is 4.74 Å². The van der Waals surface area contributed by atoms with Gasteiger partial charge in [0.05, 0.1) is 12.7 Å². The maximum Gasteiger partial charge on any atom is 0.342 e. The van der Waals surface area contributed by atoms with E-state index >= 15 is 0 Å². The van der Waals surface area contributed by atoms with Crippen molar-refractivity contribution >= 4 is 28.3 Å². The minimum atomic E-state index is -1.34. The van der Waals surface area contributed by atoms with Gasteiger partial charge in [0, 0.05) is 11.5 Å². The molecule has 2 rings (SSSR count). The molecule has 4 N–H and O–H groups in total. The van der Waals surface area contributed by atoms with Gasteiger partial charge in [0.15, 0.2) is 11.3 Å². The van der Waals surface area contributed by atoms with E-state index < -0.39 is 16.4 Å². The number of fused-ring (bicyclic) bond motifs is 1. The molecular weight excluding hydrogens is 284 g/mol. The van der Waals surface area contributed by atoms with Gasteiger partial charge in [0.25, 0.3) is 0 Å². The van der Waals surface area contributed by atoms with Crippen LogP contribution in [0.4, 0.5) is 11.4 Å². The second-order valence-corrected chi connectivity index (χ2v) is 4.26. The summed E-state index contributed by atoms with van der Waals surface area (Å²) in [6.45, 7) is 3.24. The Kier molecular flexibility index (Phi) is 4.23. The maximum absolute atomic E-state index is 11.9. The zero-order chi connectivity index (χ0) is 15.7. The number of rotatable bonds is 4. The Morgan fingerprint density at radius 1 is 1.33 bits per heavy atom. The molecule has 0 radical (unpaired) electrons. The first kappa shape index (κ1) is 15.4. The third-order valence-corrected chi connectivity index (χ3v) is 2.92. The standard InChI is InChI=1S/C12H14N2O7/c1-3-20-12(15)10-6(2)21-11-8(10)4-7(13(16)17)5-9(11)14(18)19/h4-5,13-14,16,18H,3H2,1-2H3. The van der Waals surface area contributed by atoms with Crippen molar-refractivity contribution in [1.82, 2.24) is 0 Å². The van der Waals surface area contributed by atoms with Gasteiger partial charge < -0.3 is 19.6 Å². The van der Waals surface area contributed by atoms with Crippen molar-refractivity contribution in [3.8, 4) is 0 Å². The van der Waals surface area contributed by atoms with Crippen LogP contribution >= 0.6 is 0 Å². The van der Waals surface area contributed by atoms with Gasteiger partial charge in [-0.1, -0.05) is 0 Å². The molecule has 0 saturated carbocycles. The number of hydrogen-bond donors (Lipinski definition) is 4. The first-order chi connectivity index (χ1) is 9.86. The predicted molar refractivity (Wildman–Crippen MR) is 68.5 cm³/mol. The Hall–Kier alpha value is -2.01. The largest absolute Gasteiger partial charge is 0.595 e. The molecule has 2 aromatic rings. The van der Waals surface area contributed by atoms with Crippen molar-refractivity contribution in [2.24, 2.45) is 0 Å². The maximum atomic E-state index is 11.9. The molecule has 0 amide bonds. The molecule has 114 valence electrons. The highest BCUT2D eigenvalue weighted by Gasteiger charge is 2.25. The smallest absolute Gasteiger partial charge is 0.342 e. The first-order valence-corrected chi connectivity index (χ1v) is 6.07. The van der Waals surface area contributed by atoms with Gasteiger partial charge in [0.1, 0.15) is 11.3 Å². The predicted octanol–water partition coefficient (Wildman–Crippen LogP) is -0.275. The average Bonchev–Trinajstić information content (AvgIpc) is 2.73. The number of hydrogen-bond acceptors (Lipinski definition) is 7. The summed E-state index contributed by atoms with van der Waals surface area (Å²) in [5.74, 6) is -0.513. The Morgan fingerprint density at radius 3 is 2.52 bits per heavy atom. The summed E-state index contributed by atoms with van der Waals surface area (Å²) in [4.78, 5) is 11.9. The van der Waals surface area contributed by atoms with E-state index in [0.29, 0.717) is 0 Å². The molecule has 0 saturated heterocycles. The van der Waals surface area contributed by atoms with Crippen molar-refractivity contribution in [2.45, 2.75) is 13.8 Å². The molecule has 9 heteroatoms. The fourth-order valence-corrected chi connectivity index (χ4v) is 2.06. The molecule has 0 fully saturated rings. The second-order valence-electron chi connectivity index (χ2n) is 4.26. The first-order valence-electron chi connectivity index (χ1n) is 6.07. The molecule has 1 heterocycles. The van der Waals surface area contributed by atoms with Crippen molar-refractivity contribution in [1.29, 1.82) is 0 Å². The van der Waals surface area contributed by atoms with Crippen molar-refractivity contribution in [3.63, 3.8) is 0 Å². The topological polar surface area (TPSA) is 135 Å². The van der Waals surface area contributed by atoms with E-state index in [1.807, 2.05) is 0 Å². The van der Waals surface area contributed by atoms with Gasteiger partial charge in [-0.15, -0.1) is 0 Å². The van der Waals surface area contributed by atoms with E-state index in [1.54, 1.807) is 6.92 Å². The summed E-state index contributed by atoms with van der Waals surface area (Å²) in [5.41, 5.74) is -0.569. The van der Waals surface area contributed by atoms with Gasteiger partial charge in [-0.2, -0.15) is 10.5 Å². The summed E-state index contributed by atoms with van der Waals surface area (Å²) < 4.78 is 10.2. The fraction of sp³-hybridized carbons (Fsp3) is 0.250. The SMILES string of the molecule is CCOC(=O)c1c(C)oc2c([NH+]([O-])O)cc([NH+]([O-])O)cc12. The fourth-order valence-electron chi connectivity index (χ4n) is 2.06. The third kappa shape index (κ3) is 2.74. The lowest BCUT2D eigenvalue weighted by atomic mass is 10.1. The molecular formula is C12H14N2O7. The van der Waals surface area contributed by atoms with Crippen molar-refractivity contribution < 1.29 is 34.8 Å². The van der Waals surface area contributed by atoms with Crippen LogP contribution in [0.3, 0.4) is 0 Å². The molecule has 21 heavy (non-hydrogen) atoms. The van der Waals surface area contributed by atoms with E-state index in [1.165, 1.54) is 13.0 Å². The monoisotopic (exact) mass is 298 g/mol. The molecule has 0 spiro atoms. The van der Waals surface area contributed by atoms with Crippen molar-refractivity contribution in [2.75, 3.05) is 6.61 Å². The molecule has 0 aliphatic rings. The summed E-state index contributed by atoms with van der Waals surface area (Å²) in [6.07, 6.45) is 0. The number of carbonyl (C=O) groups is 1. The summed E-state index contributed by atoms with van der Waals surface area (Å²) in [5, 5.41) is 38.0. The number of quaternary nitrogens is 2. The van der Waals surface area contributed by atoms with Crippen LogP contribution in [0, 0.1) is 17.3 Å². The lowest BCUT2D eigenvalue weighted by Crippen LogP contribution is -3.00. The molecule has 2 atom stereocenters. The van der Waals surface area contributed by atoms with Gasteiger partial charge in [-0.25, -0.2) is 15.2 Å². The second kappa shape index (κ2) is 5.77. The minimum Gasteiger partial charge on any atom is -0.595 e. The number of aryl methyl sites for hydroxylation is 1. The summed E-state index contributed by atoms with van der Waals surface area (Å²) in [7, 11) is 0. The molecule has 0 bridgehead atoms. The van der Waals surface area contributed by atoms with E-state index in [-0.39, 0.29) is 40.3 Å². The van der Waals surface area contributed by atoms with Crippen LogP contribution < -0.4 is 10.5 Å². The number of ether oxygens (including phenoxy) is 1. The lowest BCUT2D eigenvalue weighted by molar-refractivity contribution is -0.995. The number of esters is 1. The summed E-state index contributed by atoms with van der Waals surface area (Å²) >= 11 is 0. The molecule has 1 aromatic carbocycles. The van der Waals surface area contributed by atoms with Gasteiger partial charge in [-0.3, -0.25) is 0 Å². The number of furan rings is 1. The average molecular weight is 298 g/mol. The Morgan fingerprint density at radius 2 is 2.00 bits per heavy atom. The van der Waals surface area contributed by atoms with Crippen LogP contribution in [0.2, 0.25) is 0 Å². The van der Waals surface area contributed by atoms with Crippen molar-refractivity contribution in [3.05, 3.63) is 33.9 Å². The van der Waals surface area contributed by atoms with E-state index in [4.69, 9.17) is 19.6 Å². The lowest BCUT2D eigenvalue weighted by Gasteiger charge is -2.15. The number of nitrogens with one attached hydrogen (secondary N) is 2. The zero-order valence-electron chi connectivity index (χ0n) is 11.3. The van der Waals surface area contributed by atoms with E-state index in [2.05, 4.69) is 0 Å². The van der Waals surface area contributed by atoms with Crippen LogP contribution in [0.25, 0.3) is 11.0 Å². The quantitative estimate of drug-likeness (QED) is 0.450. The Balaban J connectivity index is 2.76. The molecule has 0 aliphatic heterocycles. The highest BCUT2D eigenvalue weighted by atomic mass is 16.8. The Bertz CT molecular complexity index is 678. The zero-order valence-corrected chi connectivity index (χ0v) is 11.3. The van der Waals surface area contributed by atoms with Crippen LogP contribution in [0.1, 0.15) is 23.0 Å². The minimum absolute atomic E-state index is 0.0393. The number of carbonyl (C=O) groups excluding carboxylic acids is 1. The summed E-state index contributed by atoms with van der Waals surface area (Å²) in [6, 6.07) is 2.19. The Labute approximate surface area is 118 Å². The van der Waals surface area contributed by atoms with Gasteiger partial charge >= 0.3 is 5.97 Å². The van der Waals surface area contributed by atoms with Crippen LogP contribution in [-0.4, -0.2) is 23.0 Å². The van der Waals surface area contributed by atoms with E-state index in [0.717, 1.165) is 6.07 Å².